The zero-order valence-corrected chi connectivity index (χ0v) is 11.0. The molecule has 1 unspecified atom stereocenters. The second-order valence-electron chi connectivity index (χ2n) is 4.45. The van der Waals surface area contributed by atoms with Crippen molar-refractivity contribution in [3.05, 3.63) is 34.4 Å². The smallest absolute Gasteiger partial charge is 0.0482 e. The predicted octanol–water partition coefficient (Wildman–Crippen LogP) is 3.45. The topological polar surface area (TPSA) is 3.24 Å². The molecule has 1 aromatic carbocycles. The number of halogens is 1. The van der Waals surface area contributed by atoms with Crippen LogP contribution < -0.4 is 0 Å². The Hall–Kier alpha value is -0.530. The average molecular weight is 226 g/mol. The van der Waals surface area contributed by atoms with Gasteiger partial charge in [-0.2, -0.15) is 0 Å². The number of hydrogen-bond donors (Lipinski definition) is 0. The van der Waals surface area contributed by atoms with Crippen LogP contribution in [0.5, 0.6) is 0 Å². The summed E-state index contributed by atoms with van der Waals surface area (Å²) in [5.74, 6) is 0.637. The van der Waals surface area contributed by atoms with Crippen LogP contribution in [0.3, 0.4) is 0 Å². The number of alkyl halides is 1. The lowest BCUT2D eigenvalue weighted by atomic mass is 9.94. The lowest BCUT2D eigenvalue weighted by molar-refractivity contribution is 0.322. The molecule has 0 saturated heterocycles. The molecule has 0 aromatic heterocycles. The third-order valence-electron chi connectivity index (χ3n) is 2.84. The van der Waals surface area contributed by atoms with Crippen molar-refractivity contribution < 1.29 is 0 Å². The summed E-state index contributed by atoms with van der Waals surface area (Å²) in [5, 5.41) is 0. The van der Waals surface area contributed by atoms with Gasteiger partial charge in [-0.15, -0.1) is 11.6 Å². The van der Waals surface area contributed by atoms with Crippen molar-refractivity contribution in [2.24, 2.45) is 0 Å². The van der Waals surface area contributed by atoms with Crippen LogP contribution in [0, 0.1) is 20.8 Å². The Balaban J connectivity index is 3.23. The van der Waals surface area contributed by atoms with Crippen LogP contribution in [0.4, 0.5) is 0 Å². The fourth-order valence-corrected chi connectivity index (χ4v) is 2.62. The van der Waals surface area contributed by atoms with Crippen LogP contribution >= 0.6 is 11.6 Å². The predicted molar refractivity (Wildman–Crippen MR) is 67.8 cm³/mol. The molecule has 0 fully saturated rings. The maximum Gasteiger partial charge on any atom is 0.0482 e. The number of hydrogen-bond acceptors (Lipinski definition) is 1. The Morgan fingerprint density at radius 2 is 1.60 bits per heavy atom. The van der Waals surface area contributed by atoms with Crippen molar-refractivity contribution in [1.29, 1.82) is 0 Å². The van der Waals surface area contributed by atoms with Gasteiger partial charge in [0.25, 0.3) is 0 Å². The summed E-state index contributed by atoms with van der Waals surface area (Å²) in [4.78, 5) is 2.18. The van der Waals surface area contributed by atoms with Crippen LogP contribution in [-0.2, 0) is 0 Å². The molecular formula is C13H20ClN. The van der Waals surface area contributed by atoms with E-state index in [0.717, 1.165) is 0 Å². The minimum atomic E-state index is 0.312. The summed E-state index contributed by atoms with van der Waals surface area (Å²) in [5.41, 5.74) is 5.38. The molecule has 0 bridgehead atoms. The molecule has 0 saturated carbocycles. The van der Waals surface area contributed by atoms with Gasteiger partial charge in [-0.1, -0.05) is 17.7 Å². The highest BCUT2D eigenvalue weighted by atomic mass is 35.5. The Morgan fingerprint density at radius 1 is 1.13 bits per heavy atom. The second-order valence-corrected chi connectivity index (χ2v) is 4.75. The summed E-state index contributed by atoms with van der Waals surface area (Å²) < 4.78 is 0. The van der Waals surface area contributed by atoms with E-state index in [1.165, 1.54) is 22.3 Å². The van der Waals surface area contributed by atoms with E-state index in [0.29, 0.717) is 11.9 Å². The first-order chi connectivity index (χ1) is 6.97. The van der Waals surface area contributed by atoms with Gasteiger partial charge < -0.3 is 4.90 Å². The molecule has 0 aliphatic heterocycles. The van der Waals surface area contributed by atoms with Crippen molar-refractivity contribution in [3.63, 3.8) is 0 Å². The van der Waals surface area contributed by atoms with Gasteiger partial charge in [-0.3, -0.25) is 0 Å². The Morgan fingerprint density at radius 3 is 1.93 bits per heavy atom. The maximum atomic E-state index is 6.04. The molecule has 0 heterocycles. The molecule has 0 aliphatic rings. The molecule has 0 spiro atoms. The van der Waals surface area contributed by atoms with E-state index in [4.69, 9.17) is 11.6 Å². The third-order valence-corrected chi connectivity index (χ3v) is 3.13. The van der Waals surface area contributed by atoms with Gasteiger partial charge >= 0.3 is 0 Å². The first-order valence-electron chi connectivity index (χ1n) is 5.27. The maximum absolute atomic E-state index is 6.04. The molecule has 1 aromatic rings. The second kappa shape index (κ2) is 5.00. The molecule has 0 aliphatic carbocycles. The van der Waals surface area contributed by atoms with E-state index in [1.54, 1.807) is 0 Å². The lowest BCUT2D eigenvalue weighted by Gasteiger charge is -2.26. The van der Waals surface area contributed by atoms with Crippen LogP contribution in [0.1, 0.15) is 28.3 Å². The van der Waals surface area contributed by atoms with E-state index >= 15 is 0 Å². The molecule has 84 valence electrons. The number of rotatable bonds is 3. The molecular weight excluding hydrogens is 206 g/mol. The van der Waals surface area contributed by atoms with Crippen molar-refractivity contribution in [3.8, 4) is 0 Å². The van der Waals surface area contributed by atoms with Crippen LogP contribution in [0.25, 0.3) is 0 Å². The SMILES string of the molecule is Cc1cc(C)c(C(CCl)N(C)C)c(C)c1. The third kappa shape index (κ3) is 2.73. The highest BCUT2D eigenvalue weighted by molar-refractivity contribution is 6.18. The Bertz CT molecular complexity index is 321. The van der Waals surface area contributed by atoms with Crippen molar-refractivity contribution >= 4 is 11.6 Å². The standard InChI is InChI=1S/C13H20ClN/c1-9-6-10(2)13(11(3)7-9)12(8-14)15(4)5/h6-7,12H,8H2,1-5H3. The summed E-state index contributed by atoms with van der Waals surface area (Å²) in [7, 11) is 4.15. The van der Waals surface area contributed by atoms with E-state index in [2.05, 4.69) is 51.9 Å². The zero-order valence-electron chi connectivity index (χ0n) is 10.3. The molecule has 1 nitrogen and oxygen atoms in total. The quantitative estimate of drug-likeness (QED) is 0.713. The summed E-state index contributed by atoms with van der Waals surface area (Å²) >= 11 is 6.04. The molecule has 0 amide bonds. The molecule has 1 rings (SSSR count). The first kappa shape index (κ1) is 12.5. The van der Waals surface area contributed by atoms with Gasteiger partial charge in [-0.25, -0.2) is 0 Å². The van der Waals surface area contributed by atoms with E-state index in [1.807, 2.05) is 0 Å². The average Bonchev–Trinajstić information content (AvgIpc) is 2.09. The van der Waals surface area contributed by atoms with E-state index in [9.17, 15) is 0 Å². The molecule has 0 radical (unpaired) electrons. The first-order valence-corrected chi connectivity index (χ1v) is 5.81. The summed E-state index contributed by atoms with van der Waals surface area (Å²) in [6.07, 6.45) is 0. The van der Waals surface area contributed by atoms with Gasteiger partial charge in [0.2, 0.25) is 0 Å². The molecule has 2 heteroatoms. The molecule has 1 atom stereocenters. The van der Waals surface area contributed by atoms with Crippen LogP contribution in [-0.4, -0.2) is 24.9 Å². The minimum absolute atomic E-state index is 0.312. The van der Waals surface area contributed by atoms with Crippen LogP contribution in [0.15, 0.2) is 12.1 Å². The van der Waals surface area contributed by atoms with E-state index in [-0.39, 0.29) is 0 Å². The monoisotopic (exact) mass is 225 g/mol. The largest absolute Gasteiger partial charge is 0.301 e. The van der Waals surface area contributed by atoms with Crippen molar-refractivity contribution in [1.82, 2.24) is 4.90 Å². The number of aryl methyl sites for hydroxylation is 3. The molecule has 15 heavy (non-hydrogen) atoms. The number of nitrogens with zero attached hydrogens (tertiary/aromatic N) is 1. The van der Waals surface area contributed by atoms with Gasteiger partial charge in [-0.05, 0) is 51.6 Å². The van der Waals surface area contributed by atoms with Crippen LogP contribution in [0.2, 0.25) is 0 Å². The van der Waals surface area contributed by atoms with Gasteiger partial charge in [0, 0.05) is 11.9 Å². The normalized spacial score (nSPS) is 13.3. The number of benzene rings is 1. The molecule has 0 N–H and O–H groups in total. The van der Waals surface area contributed by atoms with E-state index < -0.39 is 0 Å². The van der Waals surface area contributed by atoms with Crippen molar-refractivity contribution in [2.45, 2.75) is 26.8 Å². The fourth-order valence-electron chi connectivity index (χ4n) is 2.19. The van der Waals surface area contributed by atoms with Crippen molar-refractivity contribution in [2.75, 3.05) is 20.0 Å². The Kier molecular flexibility index (Phi) is 4.18. The van der Waals surface area contributed by atoms with Gasteiger partial charge in [0.05, 0.1) is 0 Å². The summed E-state index contributed by atoms with van der Waals surface area (Å²) in [6.45, 7) is 6.46. The fraction of sp³-hybridized carbons (Fsp3) is 0.538. The zero-order chi connectivity index (χ0) is 11.6. The Labute approximate surface area is 98.0 Å². The van der Waals surface area contributed by atoms with Gasteiger partial charge in [0.15, 0.2) is 0 Å². The highest BCUT2D eigenvalue weighted by Crippen LogP contribution is 2.27. The summed E-state index contributed by atoms with van der Waals surface area (Å²) in [6, 6.07) is 4.77. The lowest BCUT2D eigenvalue weighted by Crippen LogP contribution is -2.23. The highest BCUT2D eigenvalue weighted by Gasteiger charge is 2.17. The minimum Gasteiger partial charge on any atom is -0.301 e. The van der Waals surface area contributed by atoms with Gasteiger partial charge in [0.1, 0.15) is 0 Å².